The van der Waals surface area contributed by atoms with Crippen LogP contribution in [0.25, 0.3) is 5.69 Å². The number of nitrogens with zero attached hydrogens (tertiary/aromatic N) is 6. The molecule has 0 spiro atoms. The topological polar surface area (TPSA) is 93.5 Å². The van der Waals surface area contributed by atoms with Crippen molar-refractivity contribution in [1.82, 2.24) is 30.0 Å². The Morgan fingerprint density at radius 2 is 1.88 bits per heavy atom. The molecule has 9 heteroatoms. The molecule has 0 saturated carbocycles. The number of aromatic nitrogens is 4. The highest BCUT2D eigenvalue weighted by atomic mass is 16.6. The third-order valence-corrected chi connectivity index (χ3v) is 4.06. The van der Waals surface area contributed by atoms with E-state index in [-0.39, 0.29) is 12.0 Å². The summed E-state index contributed by atoms with van der Waals surface area (Å²) in [4.78, 5) is 27.8. The Labute approximate surface area is 145 Å². The van der Waals surface area contributed by atoms with Crippen molar-refractivity contribution in [1.29, 1.82) is 0 Å². The van der Waals surface area contributed by atoms with Gasteiger partial charge in [-0.25, -0.2) is 4.79 Å². The van der Waals surface area contributed by atoms with Crippen LogP contribution in [0.5, 0.6) is 0 Å². The van der Waals surface area contributed by atoms with E-state index in [9.17, 15) is 9.59 Å². The fraction of sp³-hybridized carbons (Fsp3) is 0.438. The van der Waals surface area contributed by atoms with Crippen LogP contribution in [0.4, 0.5) is 4.79 Å². The van der Waals surface area contributed by atoms with Crippen LogP contribution in [-0.2, 0) is 4.74 Å². The lowest BCUT2D eigenvalue weighted by Crippen LogP contribution is -2.50. The van der Waals surface area contributed by atoms with Gasteiger partial charge in [-0.2, -0.15) is 4.68 Å². The highest BCUT2D eigenvalue weighted by molar-refractivity contribution is 5.95. The van der Waals surface area contributed by atoms with E-state index >= 15 is 0 Å². The van der Waals surface area contributed by atoms with Crippen LogP contribution in [-0.4, -0.2) is 74.8 Å². The van der Waals surface area contributed by atoms with Gasteiger partial charge in [-0.05, 0) is 42.5 Å². The first-order valence-electron chi connectivity index (χ1n) is 8.16. The maximum absolute atomic E-state index is 12.7. The molecule has 1 aliphatic heterocycles. The van der Waals surface area contributed by atoms with E-state index in [4.69, 9.17) is 4.74 Å². The first-order valence-corrected chi connectivity index (χ1v) is 8.16. The molecule has 9 nitrogen and oxygen atoms in total. The van der Waals surface area contributed by atoms with Gasteiger partial charge < -0.3 is 14.5 Å². The van der Waals surface area contributed by atoms with Crippen molar-refractivity contribution in [3.63, 3.8) is 0 Å². The molecule has 1 saturated heterocycles. The summed E-state index contributed by atoms with van der Waals surface area (Å²) in [6, 6.07) is 7.18. The smallest absolute Gasteiger partial charge is 0.409 e. The third kappa shape index (κ3) is 3.59. The quantitative estimate of drug-likeness (QED) is 0.821. The molecule has 2 amide bonds. The van der Waals surface area contributed by atoms with Crippen molar-refractivity contribution < 1.29 is 14.3 Å². The van der Waals surface area contributed by atoms with E-state index in [1.807, 2.05) is 6.07 Å². The zero-order chi connectivity index (χ0) is 17.8. The molecule has 2 heterocycles. The van der Waals surface area contributed by atoms with Gasteiger partial charge in [0.05, 0.1) is 12.3 Å². The van der Waals surface area contributed by atoms with Crippen LogP contribution >= 0.6 is 0 Å². The summed E-state index contributed by atoms with van der Waals surface area (Å²) in [6.45, 7) is 5.81. The summed E-state index contributed by atoms with van der Waals surface area (Å²) >= 11 is 0. The molecular weight excluding hydrogens is 324 g/mol. The molecule has 0 aliphatic carbocycles. The minimum Gasteiger partial charge on any atom is -0.450 e. The summed E-state index contributed by atoms with van der Waals surface area (Å²) in [5.74, 6) is 0.573. The molecule has 1 fully saturated rings. The predicted octanol–water partition coefficient (Wildman–Crippen LogP) is 0.885. The lowest BCUT2D eigenvalue weighted by atomic mass is 10.1. The maximum Gasteiger partial charge on any atom is 0.409 e. The molecule has 0 radical (unpaired) electrons. The van der Waals surface area contributed by atoms with Crippen LogP contribution < -0.4 is 0 Å². The third-order valence-electron chi connectivity index (χ3n) is 4.06. The van der Waals surface area contributed by atoms with E-state index in [1.54, 1.807) is 46.5 Å². The lowest BCUT2D eigenvalue weighted by Gasteiger charge is -2.34. The van der Waals surface area contributed by atoms with Crippen LogP contribution in [0.3, 0.4) is 0 Å². The molecule has 0 bridgehead atoms. The molecule has 132 valence electrons. The van der Waals surface area contributed by atoms with Crippen molar-refractivity contribution >= 4 is 12.0 Å². The Hall–Kier alpha value is -2.97. The van der Waals surface area contributed by atoms with Crippen LogP contribution in [0.15, 0.2) is 24.3 Å². The molecule has 3 rings (SSSR count). The van der Waals surface area contributed by atoms with Gasteiger partial charge in [-0.3, -0.25) is 4.79 Å². The van der Waals surface area contributed by atoms with Gasteiger partial charge in [0, 0.05) is 31.7 Å². The van der Waals surface area contributed by atoms with Gasteiger partial charge in [0.2, 0.25) is 0 Å². The lowest BCUT2D eigenvalue weighted by molar-refractivity contribution is 0.0570. The van der Waals surface area contributed by atoms with Gasteiger partial charge >= 0.3 is 6.09 Å². The summed E-state index contributed by atoms with van der Waals surface area (Å²) in [7, 11) is 0. The Morgan fingerprint density at radius 1 is 1.16 bits per heavy atom. The molecule has 2 aromatic rings. The second kappa shape index (κ2) is 7.29. The Bertz CT molecular complexity index is 767. The van der Waals surface area contributed by atoms with Crippen LogP contribution in [0, 0.1) is 6.92 Å². The van der Waals surface area contributed by atoms with Gasteiger partial charge in [-0.1, -0.05) is 6.07 Å². The first-order chi connectivity index (χ1) is 12.1. The molecule has 1 aromatic heterocycles. The minimum atomic E-state index is -0.328. The average Bonchev–Trinajstić information content (AvgIpc) is 3.07. The first kappa shape index (κ1) is 16.9. The zero-order valence-corrected chi connectivity index (χ0v) is 14.3. The minimum absolute atomic E-state index is 0.0731. The van der Waals surface area contributed by atoms with E-state index in [1.165, 1.54) is 0 Å². The molecule has 1 aliphatic rings. The molecule has 25 heavy (non-hydrogen) atoms. The number of hydrogen-bond donors (Lipinski definition) is 0. The highest BCUT2D eigenvalue weighted by Gasteiger charge is 2.25. The largest absolute Gasteiger partial charge is 0.450 e. The molecule has 0 N–H and O–H groups in total. The standard InChI is InChI=1S/C16H20N6O3/c1-3-25-16(24)21-9-7-20(8-10-21)15(23)13-5-4-6-14(11-13)22-12(2)17-18-19-22/h4-6,11H,3,7-10H2,1-2H3. The summed E-state index contributed by atoms with van der Waals surface area (Å²) in [5.41, 5.74) is 1.30. The van der Waals surface area contributed by atoms with Crippen molar-refractivity contribution in [2.75, 3.05) is 32.8 Å². The van der Waals surface area contributed by atoms with Gasteiger partial charge in [0.15, 0.2) is 5.82 Å². The van der Waals surface area contributed by atoms with Gasteiger partial charge in [-0.15, -0.1) is 5.10 Å². The van der Waals surface area contributed by atoms with Gasteiger partial charge in [0.25, 0.3) is 5.91 Å². The predicted molar refractivity (Wildman–Crippen MR) is 88.4 cm³/mol. The molecule has 1 aromatic carbocycles. The Balaban J connectivity index is 1.68. The maximum atomic E-state index is 12.7. The van der Waals surface area contributed by atoms with Gasteiger partial charge in [0.1, 0.15) is 0 Å². The number of tetrazole rings is 1. The zero-order valence-electron chi connectivity index (χ0n) is 14.3. The van der Waals surface area contributed by atoms with E-state index in [2.05, 4.69) is 15.5 Å². The van der Waals surface area contributed by atoms with Crippen LogP contribution in [0.2, 0.25) is 0 Å². The average molecular weight is 344 g/mol. The second-order valence-electron chi connectivity index (χ2n) is 5.67. The second-order valence-corrected chi connectivity index (χ2v) is 5.67. The van der Waals surface area contributed by atoms with Crippen molar-refractivity contribution in [2.24, 2.45) is 0 Å². The number of ether oxygens (including phenoxy) is 1. The fourth-order valence-corrected chi connectivity index (χ4v) is 2.73. The fourth-order valence-electron chi connectivity index (χ4n) is 2.73. The number of carbonyl (C=O) groups excluding carboxylic acids is 2. The SMILES string of the molecule is CCOC(=O)N1CCN(C(=O)c2cccc(-n3nnnc3C)c2)CC1. The molecular formula is C16H20N6O3. The number of benzene rings is 1. The number of piperazine rings is 1. The monoisotopic (exact) mass is 344 g/mol. The Morgan fingerprint density at radius 3 is 2.52 bits per heavy atom. The molecule has 0 atom stereocenters. The van der Waals surface area contributed by atoms with E-state index in [0.717, 1.165) is 5.69 Å². The van der Waals surface area contributed by atoms with Crippen LogP contribution in [0.1, 0.15) is 23.1 Å². The molecule has 0 unspecified atom stereocenters. The highest BCUT2D eigenvalue weighted by Crippen LogP contribution is 2.14. The van der Waals surface area contributed by atoms with E-state index in [0.29, 0.717) is 44.2 Å². The van der Waals surface area contributed by atoms with Crippen molar-refractivity contribution in [3.05, 3.63) is 35.7 Å². The summed E-state index contributed by atoms with van der Waals surface area (Å²) in [5, 5.41) is 11.4. The normalized spacial score (nSPS) is 14.5. The number of amides is 2. The van der Waals surface area contributed by atoms with Crippen molar-refractivity contribution in [3.8, 4) is 5.69 Å². The van der Waals surface area contributed by atoms with E-state index < -0.39 is 0 Å². The Kier molecular flexibility index (Phi) is 4.92. The number of carbonyl (C=O) groups is 2. The number of hydrogen-bond acceptors (Lipinski definition) is 6. The summed E-state index contributed by atoms with van der Waals surface area (Å²) in [6.07, 6.45) is -0.328. The summed E-state index contributed by atoms with van der Waals surface area (Å²) < 4.78 is 6.57. The van der Waals surface area contributed by atoms with Crippen molar-refractivity contribution in [2.45, 2.75) is 13.8 Å². The number of aryl methyl sites for hydroxylation is 1. The number of rotatable bonds is 3.